The third kappa shape index (κ3) is 3.90. The summed E-state index contributed by atoms with van der Waals surface area (Å²) in [6.07, 6.45) is 0.0826. The summed E-state index contributed by atoms with van der Waals surface area (Å²) in [7, 11) is 0. The molecule has 1 amide bonds. The summed E-state index contributed by atoms with van der Waals surface area (Å²) >= 11 is 1.15. The molecule has 0 radical (unpaired) electrons. The number of nitrogens with one attached hydrogen (secondary N) is 1. The van der Waals surface area contributed by atoms with E-state index < -0.39 is 12.1 Å². The Kier molecular flexibility index (Phi) is 5.07. The molecule has 1 aliphatic rings. The lowest BCUT2D eigenvalue weighted by atomic mass is 10.1. The first-order valence-electron chi connectivity index (χ1n) is 7.43. The summed E-state index contributed by atoms with van der Waals surface area (Å²) < 4.78 is 10.4. The number of amides is 1. The van der Waals surface area contributed by atoms with Gasteiger partial charge in [0.25, 0.3) is 0 Å². The lowest BCUT2D eigenvalue weighted by molar-refractivity contribution is 0.0689. The van der Waals surface area contributed by atoms with E-state index >= 15 is 0 Å². The number of carbonyl (C=O) groups is 2. The van der Waals surface area contributed by atoms with Gasteiger partial charge >= 0.3 is 12.1 Å². The number of anilines is 1. The molecule has 1 aromatic heterocycles. The van der Waals surface area contributed by atoms with Gasteiger partial charge in [0.1, 0.15) is 6.61 Å². The van der Waals surface area contributed by atoms with Gasteiger partial charge in [-0.15, -0.1) is 11.3 Å². The van der Waals surface area contributed by atoms with Crippen LogP contribution < -0.4 is 5.32 Å². The zero-order chi connectivity index (χ0) is 16.9. The van der Waals surface area contributed by atoms with Crippen LogP contribution in [0.4, 0.5) is 9.93 Å². The van der Waals surface area contributed by atoms with Crippen LogP contribution in [0.2, 0.25) is 0 Å². The summed E-state index contributed by atoms with van der Waals surface area (Å²) in [5.41, 5.74) is 0.829. The maximum atomic E-state index is 11.9. The third-order valence-electron chi connectivity index (χ3n) is 3.58. The highest BCUT2D eigenvalue weighted by Gasteiger charge is 2.28. The third-order valence-corrected chi connectivity index (χ3v) is 4.71. The molecule has 24 heavy (non-hydrogen) atoms. The zero-order valence-corrected chi connectivity index (χ0v) is 13.5. The number of benzene rings is 1. The van der Waals surface area contributed by atoms with Crippen molar-refractivity contribution < 1.29 is 24.2 Å². The number of thiazole rings is 1. The second kappa shape index (κ2) is 7.41. The first kappa shape index (κ1) is 16.4. The van der Waals surface area contributed by atoms with Crippen LogP contribution in [0.3, 0.4) is 0 Å². The maximum Gasteiger partial charge on any atom is 0.413 e. The van der Waals surface area contributed by atoms with Crippen LogP contribution in [0.15, 0.2) is 30.3 Å². The largest absolute Gasteiger partial charge is 0.476 e. The van der Waals surface area contributed by atoms with Crippen LogP contribution >= 0.6 is 11.3 Å². The van der Waals surface area contributed by atoms with E-state index in [2.05, 4.69) is 10.3 Å². The highest BCUT2D eigenvalue weighted by Crippen LogP contribution is 2.35. The minimum absolute atomic E-state index is 0.00416. The Morgan fingerprint density at radius 1 is 1.38 bits per heavy atom. The zero-order valence-electron chi connectivity index (χ0n) is 12.7. The van der Waals surface area contributed by atoms with Crippen molar-refractivity contribution in [3.05, 3.63) is 46.5 Å². The predicted octanol–water partition coefficient (Wildman–Crippen LogP) is 3.09. The number of aromatic nitrogens is 1. The number of hydrogen-bond donors (Lipinski definition) is 2. The fraction of sp³-hybridized carbons (Fsp3) is 0.312. The molecular formula is C16H16N2O5S. The van der Waals surface area contributed by atoms with Gasteiger partial charge in [-0.3, -0.25) is 5.32 Å². The van der Waals surface area contributed by atoms with E-state index in [1.54, 1.807) is 0 Å². The topological polar surface area (TPSA) is 97.8 Å². The van der Waals surface area contributed by atoms with Gasteiger partial charge in [0.05, 0.1) is 6.61 Å². The molecule has 0 spiro atoms. The highest BCUT2D eigenvalue weighted by molar-refractivity contribution is 7.16. The number of carboxylic acid groups (broad SMARTS) is 1. The van der Waals surface area contributed by atoms with Gasteiger partial charge in [0.15, 0.2) is 10.8 Å². The first-order valence-corrected chi connectivity index (χ1v) is 8.24. The summed E-state index contributed by atoms with van der Waals surface area (Å²) in [4.78, 5) is 27.8. The standard InChI is InChI=1S/C16H16N2O5S/c19-14(20)12-13(11-6-7-22-9-11)24-15(17-12)18-16(21)23-8-10-4-2-1-3-5-10/h1-5,11H,6-9H2,(H,19,20)(H,17,18,21). The minimum Gasteiger partial charge on any atom is -0.476 e. The molecular weight excluding hydrogens is 332 g/mol. The monoisotopic (exact) mass is 348 g/mol. The molecule has 126 valence electrons. The van der Waals surface area contributed by atoms with Crippen molar-refractivity contribution in [2.24, 2.45) is 0 Å². The molecule has 2 heterocycles. The van der Waals surface area contributed by atoms with Gasteiger partial charge in [-0.1, -0.05) is 30.3 Å². The van der Waals surface area contributed by atoms with E-state index in [0.717, 1.165) is 23.3 Å². The summed E-state index contributed by atoms with van der Waals surface area (Å²) in [6.45, 7) is 1.21. The van der Waals surface area contributed by atoms with Crippen molar-refractivity contribution in [1.29, 1.82) is 0 Å². The van der Waals surface area contributed by atoms with E-state index in [9.17, 15) is 14.7 Å². The number of rotatable bonds is 5. The molecule has 7 nitrogen and oxygen atoms in total. The van der Waals surface area contributed by atoms with Crippen LogP contribution in [0.1, 0.15) is 33.3 Å². The molecule has 8 heteroatoms. The van der Waals surface area contributed by atoms with E-state index in [1.807, 2.05) is 30.3 Å². The normalized spacial score (nSPS) is 16.8. The van der Waals surface area contributed by atoms with Crippen LogP contribution in [0, 0.1) is 0 Å². The average Bonchev–Trinajstić information content (AvgIpc) is 3.23. The summed E-state index contributed by atoms with van der Waals surface area (Å²) in [6, 6.07) is 9.27. The number of aromatic carboxylic acids is 1. The summed E-state index contributed by atoms with van der Waals surface area (Å²) in [5.74, 6) is -1.11. The number of carboxylic acids is 1. The molecule has 0 aliphatic carbocycles. The van der Waals surface area contributed by atoms with Crippen molar-refractivity contribution in [2.45, 2.75) is 18.9 Å². The molecule has 1 aromatic carbocycles. The SMILES string of the molecule is O=C(Nc1nc(C(=O)O)c(C2CCOC2)s1)OCc1ccccc1. The molecule has 1 fully saturated rings. The van der Waals surface area contributed by atoms with Gasteiger partial charge in [-0.2, -0.15) is 0 Å². The number of carbonyl (C=O) groups excluding carboxylic acids is 1. The van der Waals surface area contributed by atoms with Crippen LogP contribution in [0.5, 0.6) is 0 Å². The van der Waals surface area contributed by atoms with E-state index in [4.69, 9.17) is 9.47 Å². The molecule has 3 rings (SSSR count). The molecule has 1 atom stereocenters. The molecule has 2 N–H and O–H groups in total. The van der Waals surface area contributed by atoms with Crippen LogP contribution in [-0.2, 0) is 16.1 Å². The number of nitrogens with zero attached hydrogens (tertiary/aromatic N) is 1. The van der Waals surface area contributed by atoms with Crippen molar-refractivity contribution in [3.63, 3.8) is 0 Å². The van der Waals surface area contributed by atoms with Crippen molar-refractivity contribution in [3.8, 4) is 0 Å². The number of hydrogen-bond acceptors (Lipinski definition) is 6. The average molecular weight is 348 g/mol. The van der Waals surface area contributed by atoms with Crippen molar-refractivity contribution >= 4 is 28.5 Å². The van der Waals surface area contributed by atoms with Crippen LogP contribution in [0.25, 0.3) is 0 Å². The van der Waals surface area contributed by atoms with Crippen molar-refractivity contribution in [1.82, 2.24) is 4.98 Å². The van der Waals surface area contributed by atoms with Crippen LogP contribution in [-0.4, -0.2) is 35.4 Å². The molecule has 0 bridgehead atoms. The smallest absolute Gasteiger partial charge is 0.413 e. The van der Waals surface area contributed by atoms with E-state index in [0.29, 0.717) is 18.1 Å². The Labute approximate surface area is 142 Å². The maximum absolute atomic E-state index is 11.9. The fourth-order valence-electron chi connectivity index (χ4n) is 2.40. The van der Waals surface area contributed by atoms with E-state index in [-0.39, 0.29) is 23.4 Å². The highest BCUT2D eigenvalue weighted by atomic mass is 32.1. The predicted molar refractivity (Wildman–Crippen MR) is 87.5 cm³/mol. The fourth-order valence-corrected chi connectivity index (χ4v) is 3.46. The molecule has 1 saturated heterocycles. The lowest BCUT2D eigenvalue weighted by Crippen LogP contribution is -2.13. The molecule has 1 unspecified atom stereocenters. The molecule has 2 aromatic rings. The molecule has 1 aliphatic heterocycles. The second-order valence-corrected chi connectivity index (χ2v) is 6.31. The first-order chi connectivity index (χ1) is 11.6. The molecule has 0 saturated carbocycles. The van der Waals surface area contributed by atoms with Gasteiger partial charge in [0.2, 0.25) is 0 Å². The quantitative estimate of drug-likeness (QED) is 0.862. The second-order valence-electron chi connectivity index (χ2n) is 5.28. The Morgan fingerprint density at radius 3 is 2.83 bits per heavy atom. The number of ether oxygens (including phenoxy) is 2. The Hall–Kier alpha value is -2.45. The Balaban J connectivity index is 1.65. The Bertz CT molecular complexity index is 725. The summed E-state index contributed by atoms with van der Waals surface area (Å²) in [5, 5.41) is 12.0. The van der Waals surface area contributed by atoms with Crippen molar-refractivity contribution in [2.75, 3.05) is 18.5 Å². The lowest BCUT2D eigenvalue weighted by Gasteiger charge is -2.05. The van der Waals surface area contributed by atoms with Gasteiger partial charge in [-0.25, -0.2) is 14.6 Å². The van der Waals surface area contributed by atoms with E-state index in [1.165, 1.54) is 0 Å². The van der Waals surface area contributed by atoms with Gasteiger partial charge in [-0.05, 0) is 12.0 Å². The Morgan fingerprint density at radius 2 is 2.17 bits per heavy atom. The van der Waals surface area contributed by atoms with Gasteiger partial charge in [0, 0.05) is 17.4 Å². The minimum atomic E-state index is -1.11. The van der Waals surface area contributed by atoms with Gasteiger partial charge < -0.3 is 14.6 Å².